The summed E-state index contributed by atoms with van der Waals surface area (Å²) in [5.74, 6) is -4.38. The number of hydrogen-bond acceptors (Lipinski definition) is 10. The predicted molar refractivity (Wildman–Crippen MR) is 112 cm³/mol. The van der Waals surface area contributed by atoms with E-state index in [-0.39, 0.29) is 0 Å². The first kappa shape index (κ1) is 28.3. The summed E-state index contributed by atoms with van der Waals surface area (Å²) in [6, 6.07) is 0. The Bertz CT molecular complexity index is 759. The molecule has 0 bridgehead atoms. The molecule has 0 aliphatic rings. The summed E-state index contributed by atoms with van der Waals surface area (Å²) in [5, 5.41) is 0. The zero-order valence-corrected chi connectivity index (χ0v) is 18.4. The second kappa shape index (κ2) is 13.6. The predicted octanol–water partition coefficient (Wildman–Crippen LogP) is 1.60. The van der Waals surface area contributed by atoms with Gasteiger partial charge >= 0.3 is 29.8 Å². The van der Waals surface area contributed by atoms with Crippen molar-refractivity contribution in [3.63, 3.8) is 0 Å². The number of rotatable bonds is 13. The van der Waals surface area contributed by atoms with Crippen LogP contribution in [-0.4, -0.2) is 61.4 Å². The van der Waals surface area contributed by atoms with E-state index < -0.39 is 66.8 Å². The van der Waals surface area contributed by atoms with Crippen LogP contribution < -0.4 is 0 Å². The van der Waals surface area contributed by atoms with E-state index in [9.17, 15) is 24.0 Å². The zero-order chi connectivity index (χ0) is 24.9. The Morgan fingerprint density at radius 2 is 1.03 bits per heavy atom. The second-order valence-corrected chi connectivity index (χ2v) is 7.15. The van der Waals surface area contributed by atoms with Crippen molar-refractivity contribution in [3.05, 3.63) is 50.6 Å². The van der Waals surface area contributed by atoms with Crippen molar-refractivity contribution in [2.45, 2.75) is 39.1 Å². The first-order valence-electron chi connectivity index (χ1n) is 9.35. The van der Waals surface area contributed by atoms with Crippen molar-refractivity contribution in [2.24, 2.45) is 5.41 Å². The van der Waals surface area contributed by atoms with Gasteiger partial charge in [0.25, 0.3) is 0 Å². The molecule has 32 heavy (non-hydrogen) atoms. The molecule has 0 spiro atoms. The van der Waals surface area contributed by atoms with Gasteiger partial charge in [0.1, 0.15) is 13.2 Å². The summed E-state index contributed by atoms with van der Waals surface area (Å²) in [4.78, 5) is 59.4. The van der Waals surface area contributed by atoms with Gasteiger partial charge in [-0.25, -0.2) is 19.2 Å². The van der Waals surface area contributed by atoms with Gasteiger partial charge in [0.15, 0.2) is 18.3 Å². The third-order valence-electron chi connectivity index (χ3n) is 3.57. The average molecular weight is 452 g/mol. The average Bonchev–Trinajstić information content (AvgIpc) is 2.75. The van der Waals surface area contributed by atoms with Crippen LogP contribution in [0.4, 0.5) is 0 Å². The molecule has 0 radical (unpaired) electrons. The van der Waals surface area contributed by atoms with Gasteiger partial charge in [0.05, 0.1) is 5.41 Å². The summed E-state index contributed by atoms with van der Waals surface area (Å²) in [6.45, 7) is 16.5. The second-order valence-electron chi connectivity index (χ2n) is 7.15. The van der Waals surface area contributed by atoms with E-state index in [1.165, 1.54) is 0 Å². The molecule has 3 unspecified atom stereocenters. The van der Waals surface area contributed by atoms with Crippen molar-refractivity contribution >= 4 is 29.8 Å². The van der Waals surface area contributed by atoms with Gasteiger partial charge < -0.3 is 23.7 Å². The van der Waals surface area contributed by atoms with Crippen LogP contribution in [0.25, 0.3) is 0 Å². The van der Waals surface area contributed by atoms with Crippen LogP contribution in [0.2, 0.25) is 0 Å². The highest BCUT2D eigenvalue weighted by Gasteiger charge is 2.41. The first-order chi connectivity index (χ1) is 14.9. The van der Waals surface area contributed by atoms with Gasteiger partial charge in [-0.2, -0.15) is 0 Å². The number of carbonyl (C=O) groups excluding carboxylic acids is 5. The fraction of sp³-hybridized carbons (Fsp3) is 0.409. The molecule has 0 aromatic carbocycles. The number of hydrogen-bond donors (Lipinski definition) is 0. The molecule has 0 saturated heterocycles. The van der Waals surface area contributed by atoms with Crippen molar-refractivity contribution in [1.29, 1.82) is 0 Å². The molecule has 10 nitrogen and oxygen atoms in total. The molecule has 0 aliphatic carbocycles. The lowest BCUT2D eigenvalue weighted by atomic mass is 9.97. The standard InChI is InChI=1S/C22H28O10/c1-8-16(23)28-12-14(30-18(25)10-3)20(32-19(26)11-4)15(13-29-17(24)9-2)31-21(27)22(5,6)7/h8-11,14-15,20H,1-4,12-13H2,5-7H3. The lowest BCUT2D eigenvalue weighted by molar-refractivity contribution is -0.195. The Labute approximate surface area is 186 Å². The van der Waals surface area contributed by atoms with Crippen molar-refractivity contribution in [1.82, 2.24) is 0 Å². The van der Waals surface area contributed by atoms with Gasteiger partial charge in [-0.15, -0.1) is 0 Å². The van der Waals surface area contributed by atoms with E-state index in [4.69, 9.17) is 23.7 Å². The minimum atomic E-state index is -1.56. The summed E-state index contributed by atoms with van der Waals surface area (Å²) in [5.41, 5.74) is -0.990. The molecular weight excluding hydrogens is 424 g/mol. The summed E-state index contributed by atoms with van der Waals surface area (Å²) in [6.07, 6.45) is -1.14. The highest BCUT2D eigenvalue weighted by molar-refractivity contribution is 5.83. The number of esters is 5. The zero-order valence-electron chi connectivity index (χ0n) is 18.4. The van der Waals surface area contributed by atoms with Crippen LogP contribution in [0.3, 0.4) is 0 Å². The fourth-order valence-electron chi connectivity index (χ4n) is 1.92. The maximum Gasteiger partial charge on any atom is 0.330 e. The van der Waals surface area contributed by atoms with Gasteiger partial charge in [0.2, 0.25) is 0 Å². The maximum absolute atomic E-state index is 12.5. The van der Waals surface area contributed by atoms with E-state index in [0.29, 0.717) is 0 Å². The van der Waals surface area contributed by atoms with E-state index in [2.05, 4.69) is 26.3 Å². The van der Waals surface area contributed by atoms with E-state index in [1.807, 2.05) is 0 Å². The topological polar surface area (TPSA) is 132 Å². The summed E-state index contributed by atoms with van der Waals surface area (Å²) >= 11 is 0. The molecule has 0 N–H and O–H groups in total. The van der Waals surface area contributed by atoms with Crippen molar-refractivity contribution < 1.29 is 47.7 Å². The van der Waals surface area contributed by atoms with Gasteiger partial charge in [-0.05, 0) is 20.8 Å². The molecule has 0 aliphatic heterocycles. The van der Waals surface area contributed by atoms with Gasteiger partial charge in [-0.3, -0.25) is 4.79 Å². The lowest BCUT2D eigenvalue weighted by Gasteiger charge is -2.32. The molecule has 0 aromatic heterocycles. The normalized spacial score (nSPS) is 13.2. The van der Waals surface area contributed by atoms with Crippen molar-refractivity contribution in [2.75, 3.05) is 13.2 Å². The Kier molecular flexibility index (Phi) is 12.0. The highest BCUT2D eigenvalue weighted by Crippen LogP contribution is 2.21. The van der Waals surface area contributed by atoms with Gasteiger partial charge in [0, 0.05) is 24.3 Å². The molecule has 10 heteroatoms. The SMILES string of the molecule is C=CC(=O)OCC(OC(=O)C=C)C(OC(=O)C=C)C(COC(=O)C=C)OC(=O)C(C)(C)C. The first-order valence-corrected chi connectivity index (χ1v) is 9.35. The number of ether oxygens (including phenoxy) is 5. The minimum Gasteiger partial charge on any atom is -0.458 e. The van der Waals surface area contributed by atoms with Crippen LogP contribution in [0, 0.1) is 5.41 Å². The Morgan fingerprint density at radius 1 is 0.656 bits per heavy atom. The van der Waals surface area contributed by atoms with Crippen LogP contribution in [0.5, 0.6) is 0 Å². The highest BCUT2D eigenvalue weighted by atomic mass is 16.6. The molecule has 0 fully saturated rings. The molecule has 0 heterocycles. The monoisotopic (exact) mass is 452 g/mol. The molecule has 0 aromatic rings. The third kappa shape index (κ3) is 10.4. The Balaban J connectivity index is 6.21. The Hall–Kier alpha value is -3.69. The molecule has 0 saturated carbocycles. The van der Waals surface area contributed by atoms with Crippen LogP contribution >= 0.6 is 0 Å². The molecule has 3 atom stereocenters. The quantitative estimate of drug-likeness (QED) is 0.231. The lowest BCUT2D eigenvalue weighted by Crippen LogP contribution is -2.50. The van der Waals surface area contributed by atoms with Crippen molar-refractivity contribution in [3.8, 4) is 0 Å². The summed E-state index contributed by atoms with van der Waals surface area (Å²) in [7, 11) is 0. The maximum atomic E-state index is 12.5. The van der Waals surface area contributed by atoms with Gasteiger partial charge in [-0.1, -0.05) is 26.3 Å². The fourth-order valence-corrected chi connectivity index (χ4v) is 1.92. The van der Waals surface area contributed by atoms with Crippen LogP contribution in [0.15, 0.2) is 50.6 Å². The number of carbonyl (C=O) groups is 5. The Morgan fingerprint density at radius 3 is 1.41 bits per heavy atom. The molecule has 0 rings (SSSR count). The van der Waals surface area contributed by atoms with E-state index in [1.54, 1.807) is 20.8 Å². The van der Waals surface area contributed by atoms with E-state index in [0.717, 1.165) is 24.3 Å². The summed E-state index contributed by atoms with van der Waals surface area (Å²) < 4.78 is 25.7. The minimum absolute atomic E-state index is 0.598. The molecule has 0 amide bonds. The third-order valence-corrected chi connectivity index (χ3v) is 3.57. The molecule has 176 valence electrons. The largest absolute Gasteiger partial charge is 0.458 e. The van der Waals surface area contributed by atoms with Crippen LogP contribution in [-0.2, 0) is 47.7 Å². The molecular formula is C22H28O10. The van der Waals surface area contributed by atoms with E-state index >= 15 is 0 Å². The smallest absolute Gasteiger partial charge is 0.330 e. The van der Waals surface area contributed by atoms with Crippen LogP contribution in [0.1, 0.15) is 20.8 Å².